The van der Waals surface area contributed by atoms with Crippen molar-refractivity contribution in [2.75, 3.05) is 33.5 Å². The second kappa shape index (κ2) is 7.51. The molecule has 0 radical (unpaired) electrons. The number of fused-ring (bicyclic) bond motifs is 1. The van der Waals surface area contributed by atoms with Crippen molar-refractivity contribution in [3.8, 4) is 5.75 Å². The van der Waals surface area contributed by atoms with E-state index in [2.05, 4.69) is 5.16 Å². The summed E-state index contributed by atoms with van der Waals surface area (Å²) in [5.41, 5.74) is 6.21. The van der Waals surface area contributed by atoms with Crippen molar-refractivity contribution in [2.45, 2.75) is 0 Å². The van der Waals surface area contributed by atoms with Crippen molar-refractivity contribution in [1.82, 2.24) is 0 Å². The molecule has 7 nitrogen and oxygen atoms in total. The maximum Gasteiger partial charge on any atom is 0.215 e. The number of nitrogens with zero attached hydrogens (tertiary/aromatic N) is 1. The smallest absolute Gasteiger partial charge is 0.215 e. The van der Waals surface area contributed by atoms with Gasteiger partial charge in [0.25, 0.3) is 0 Å². The van der Waals surface area contributed by atoms with E-state index in [-0.39, 0.29) is 11.6 Å². The van der Waals surface area contributed by atoms with Gasteiger partial charge in [-0.05, 0) is 12.1 Å². The van der Waals surface area contributed by atoms with Crippen LogP contribution < -0.4 is 10.5 Å². The highest BCUT2D eigenvalue weighted by atomic mass is 16.5. The summed E-state index contributed by atoms with van der Waals surface area (Å²) in [4.78, 5) is 0. The minimum atomic E-state index is -0.137. The summed E-state index contributed by atoms with van der Waals surface area (Å²) >= 11 is 0. The zero-order chi connectivity index (χ0) is 15.1. The fourth-order valence-corrected chi connectivity index (χ4v) is 1.83. The van der Waals surface area contributed by atoms with E-state index in [1.807, 2.05) is 18.2 Å². The number of benzene rings is 1. The molecular weight excluding hydrogens is 276 g/mol. The first-order valence-corrected chi connectivity index (χ1v) is 6.46. The van der Waals surface area contributed by atoms with Gasteiger partial charge in [-0.3, -0.25) is 0 Å². The number of methoxy groups -OCH3 is 1. The van der Waals surface area contributed by atoms with Crippen LogP contribution in [-0.4, -0.2) is 44.6 Å². The normalized spacial score (nSPS) is 12.0. The minimum absolute atomic E-state index is 0.137. The van der Waals surface area contributed by atoms with E-state index >= 15 is 0 Å². The first kappa shape index (κ1) is 15.1. The van der Waals surface area contributed by atoms with E-state index in [1.54, 1.807) is 13.2 Å². The van der Waals surface area contributed by atoms with Gasteiger partial charge in [-0.2, -0.15) is 0 Å². The molecule has 0 saturated carbocycles. The summed E-state index contributed by atoms with van der Waals surface area (Å²) in [5, 5.41) is 12.5. The van der Waals surface area contributed by atoms with Crippen LogP contribution in [0.15, 0.2) is 33.8 Å². The molecule has 7 heteroatoms. The van der Waals surface area contributed by atoms with Gasteiger partial charge >= 0.3 is 0 Å². The zero-order valence-electron chi connectivity index (χ0n) is 11.7. The largest absolute Gasteiger partial charge is 0.486 e. The zero-order valence-corrected chi connectivity index (χ0v) is 11.7. The van der Waals surface area contributed by atoms with E-state index in [4.69, 9.17) is 29.6 Å². The molecule has 0 aliphatic carbocycles. The number of para-hydroxylation sites is 1. The Morgan fingerprint density at radius 2 is 2.00 bits per heavy atom. The highest BCUT2D eigenvalue weighted by Gasteiger charge is 2.18. The van der Waals surface area contributed by atoms with Gasteiger partial charge in [0.1, 0.15) is 12.2 Å². The van der Waals surface area contributed by atoms with Crippen LogP contribution in [0.1, 0.15) is 5.76 Å². The number of nitrogens with two attached hydrogens (primary N) is 1. The number of rotatable bonds is 8. The van der Waals surface area contributed by atoms with E-state index in [0.29, 0.717) is 37.8 Å². The van der Waals surface area contributed by atoms with E-state index in [0.717, 1.165) is 5.39 Å². The van der Waals surface area contributed by atoms with Gasteiger partial charge < -0.3 is 29.6 Å². The molecule has 1 aromatic heterocycles. The van der Waals surface area contributed by atoms with Crippen LogP contribution in [0.3, 0.4) is 0 Å². The maximum atomic E-state index is 8.82. The predicted octanol–water partition coefficient (Wildman–Crippen LogP) is 1.57. The van der Waals surface area contributed by atoms with Crippen LogP contribution in [0.2, 0.25) is 0 Å². The first-order valence-electron chi connectivity index (χ1n) is 6.46. The lowest BCUT2D eigenvalue weighted by molar-refractivity contribution is 0.0545. The minimum Gasteiger partial charge on any atom is -0.486 e. The number of ether oxygens (including phenoxy) is 3. The average Bonchev–Trinajstić information content (AvgIpc) is 2.89. The van der Waals surface area contributed by atoms with Crippen molar-refractivity contribution in [3.63, 3.8) is 0 Å². The van der Waals surface area contributed by atoms with Crippen molar-refractivity contribution in [3.05, 3.63) is 30.0 Å². The third kappa shape index (κ3) is 3.65. The molecule has 2 rings (SSSR count). The monoisotopic (exact) mass is 294 g/mol. The van der Waals surface area contributed by atoms with Gasteiger partial charge in [-0.25, -0.2) is 0 Å². The Bertz CT molecular complexity index is 608. The Balaban J connectivity index is 2.09. The summed E-state index contributed by atoms with van der Waals surface area (Å²) in [5.74, 6) is 0.508. The second-order valence-electron chi connectivity index (χ2n) is 4.20. The number of oxime groups is 1. The molecule has 114 valence electrons. The molecule has 0 fully saturated rings. The molecule has 3 N–H and O–H groups in total. The highest BCUT2D eigenvalue weighted by molar-refractivity contribution is 6.03. The molecule has 21 heavy (non-hydrogen) atoms. The van der Waals surface area contributed by atoms with E-state index < -0.39 is 0 Å². The third-order valence-corrected chi connectivity index (χ3v) is 2.80. The number of hydrogen-bond donors (Lipinski definition) is 2. The van der Waals surface area contributed by atoms with Crippen LogP contribution in [0.25, 0.3) is 11.0 Å². The Kier molecular flexibility index (Phi) is 5.42. The Morgan fingerprint density at radius 1 is 1.24 bits per heavy atom. The van der Waals surface area contributed by atoms with Crippen LogP contribution in [0.5, 0.6) is 5.75 Å². The summed E-state index contributed by atoms with van der Waals surface area (Å²) < 4.78 is 21.4. The summed E-state index contributed by atoms with van der Waals surface area (Å²) in [6.07, 6.45) is 0. The Labute approximate surface area is 121 Å². The van der Waals surface area contributed by atoms with Crippen LogP contribution in [-0.2, 0) is 9.47 Å². The van der Waals surface area contributed by atoms with E-state index in [1.165, 1.54) is 0 Å². The number of hydrogen-bond acceptors (Lipinski definition) is 6. The average molecular weight is 294 g/mol. The third-order valence-electron chi connectivity index (χ3n) is 2.80. The summed E-state index contributed by atoms with van der Waals surface area (Å²) in [6.45, 7) is 1.75. The quantitative estimate of drug-likeness (QED) is 0.252. The summed E-state index contributed by atoms with van der Waals surface area (Å²) in [7, 11) is 1.61. The Hall–Kier alpha value is -2.25. The fraction of sp³-hybridized carbons (Fsp3) is 0.357. The van der Waals surface area contributed by atoms with Crippen molar-refractivity contribution >= 4 is 16.8 Å². The molecule has 0 spiro atoms. The molecular formula is C14H18N2O5. The lowest BCUT2D eigenvalue weighted by Gasteiger charge is -2.07. The van der Waals surface area contributed by atoms with Crippen molar-refractivity contribution in [1.29, 1.82) is 0 Å². The molecule has 0 aliphatic rings. The van der Waals surface area contributed by atoms with Crippen molar-refractivity contribution < 1.29 is 23.8 Å². The molecule has 0 unspecified atom stereocenters. The standard InChI is InChI=1S/C14H18N2O5/c1-18-6-7-19-8-9-20-12-10-4-2-3-5-11(10)21-13(12)14(15)16-17/h2-5,17H,6-9H2,1H3,(H2,15,16). The number of amidine groups is 1. The maximum absolute atomic E-state index is 8.82. The SMILES string of the molecule is COCCOCCOc1c(/C(N)=N/O)oc2ccccc12. The molecule has 1 heterocycles. The van der Waals surface area contributed by atoms with Crippen LogP contribution in [0.4, 0.5) is 0 Å². The van der Waals surface area contributed by atoms with Crippen molar-refractivity contribution in [2.24, 2.45) is 10.9 Å². The molecule has 0 atom stereocenters. The van der Waals surface area contributed by atoms with Gasteiger partial charge in [0.05, 0.1) is 25.2 Å². The molecule has 0 amide bonds. The van der Waals surface area contributed by atoms with Gasteiger partial charge in [0, 0.05) is 7.11 Å². The molecule has 0 saturated heterocycles. The molecule has 2 aromatic rings. The lowest BCUT2D eigenvalue weighted by Crippen LogP contribution is -2.15. The molecule has 0 bridgehead atoms. The second-order valence-corrected chi connectivity index (χ2v) is 4.20. The van der Waals surface area contributed by atoms with E-state index in [9.17, 15) is 0 Å². The molecule has 0 aliphatic heterocycles. The summed E-state index contributed by atoms with van der Waals surface area (Å²) in [6, 6.07) is 7.31. The van der Waals surface area contributed by atoms with Gasteiger partial charge in [0.15, 0.2) is 5.75 Å². The fourth-order valence-electron chi connectivity index (χ4n) is 1.83. The Morgan fingerprint density at radius 3 is 2.76 bits per heavy atom. The van der Waals surface area contributed by atoms with Crippen LogP contribution in [0, 0.1) is 0 Å². The number of furan rings is 1. The van der Waals surface area contributed by atoms with Gasteiger partial charge in [-0.15, -0.1) is 0 Å². The first-order chi connectivity index (χ1) is 10.3. The molecule has 1 aromatic carbocycles. The van der Waals surface area contributed by atoms with Gasteiger partial charge in [0.2, 0.25) is 11.6 Å². The van der Waals surface area contributed by atoms with Crippen LogP contribution >= 0.6 is 0 Å². The lowest BCUT2D eigenvalue weighted by atomic mass is 10.2. The highest BCUT2D eigenvalue weighted by Crippen LogP contribution is 2.32. The topological polar surface area (TPSA) is 99.4 Å². The van der Waals surface area contributed by atoms with Gasteiger partial charge in [-0.1, -0.05) is 17.3 Å². The predicted molar refractivity (Wildman–Crippen MR) is 76.9 cm³/mol.